The van der Waals surface area contributed by atoms with Crippen molar-refractivity contribution < 1.29 is 13.6 Å². The number of amides is 1. The molecule has 26 heavy (non-hydrogen) atoms. The van der Waals surface area contributed by atoms with Crippen LogP contribution in [0.5, 0.6) is 0 Å². The second kappa shape index (κ2) is 6.76. The van der Waals surface area contributed by atoms with E-state index in [9.17, 15) is 9.18 Å². The molecule has 2 aromatic heterocycles. The Balaban J connectivity index is 1.59. The zero-order valence-corrected chi connectivity index (χ0v) is 14.6. The molecule has 1 N–H and O–H groups in total. The summed E-state index contributed by atoms with van der Waals surface area (Å²) < 4.78 is 19.5. The molecule has 0 aliphatic rings. The smallest absolute Gasteiger partial charge is 0.234 e. The molecule has 0 saturated carbocycles. The lowest BCUT2D eigenvalue weighted by Gasteiger charge is -2.06. The topological polar surface area (TPSA) is 68.0 Å². The van der Waals surface area contributed by atoms with Crippen LogP contribution in [0.25, 0.3) is 22.1 Å². The molecule has 0 atom stereocenters. The Labute approximate surface area is 152 Å². The van der Waals surface area contributed by atoms with E-state index < -0.39 is 5.82 Å². The number of aromatic nitrogens is 2. The number of aryl methyl sites for hydroxylation is 1. The number of benzene rings is 2. The lowest BCUT2D eigenvalue weighted by molar-refractivity contribution is -0.113. The number of nitrogens with one attached hydrogen (secondary N) is 1. The van der Waals surface area contributed by atoms with E-state index in [-0.39, 0.29) is 17.3 Å². The molecular formula is C19H14FN3O2S. The number of hydrogen-bond acceptors (Lipinski definition) is 5. The van der Waals surface area contributed by atoms with Gasteiger partial charge >= 0.3 is 0 Å². The van der Waals surface area contributed by atoms with Gasteiger partial charge in [0.15, 0.2) is 5.58 Å². The van der Waals surface area contributed by atoms with Gasteiger partial charge in [-0.25, -0.2) is 14.4 Å². The van der Waals surface area contributed by atoms with Crippen molar-refractivity contribution in [2.24, 2.45) is 0 Å². The molecule has 4 rings (SSSR count). The number of fused-ring (bicyclic) bond motifs is 3. The number of rotatable bonds is 4. The van der Waals surface area contributed by atoms with Crippen LogP contribution >= 0.6 is 11.8 Å². The average Bonchev–Trinajstić information content (AvgIpc) is 3.00. The van der Waals surface area contributed by atoms with Gasteiger partial charge in [-0.05, 0) is 31.2 Å². The van der Waals surface area contributed by atoms with Gasteiger partial charge < -0.3 is 9.73 Å². The number of carbonyl (C=O) groups excluding carboxylic acids is 1. The molecule has 130 valence electrons. The lowest BCUT2D eigenvalue weighted by atomic mass is 10.2. The van der Waals surface area contributed by atoms with E-state index in [2.05, 4.69) is 15.3 Å². The minimum Gasteiger partial charge on any atom is -0.451 e. The molecule has 0 radical (unpaired) electrons. The number of nitrogens with zero attached hydrogens (tertiary/aromatic N) is 2. The third-order valence-electron chi connectivity index (χ3n) is 3.79. The predicted octanol–water partition coefficient (Wildman–Crippen LogP) is 4.55. The van der Waals surface area contributed by atoms with Gasteiger partial charge in [0, 0.05) is 5.39 Å². The molecule has 0 aliphatic heterocycles. The van der Waals surface area contributed by atoms with Crippen molar-refractivity contribution in [1.29, 1.82) is 0 Å². The van der Waals surface area contributed by atoms with Gasteiger partial charge in [0.1, 0.15) is 27.8 Å². The number of halogens is 1. The number of para-hydroxylation sites is 2. The van der Waals surface area contributed by atoms with Crippen LogP contribution in [-0.4, -0.2) is 21.6 Å². The number of anilines is 1. The minimum atomic E-state index is -0.469. The highest BCUT2D eigenvalue weighted by Crippen LogP contribution is 2.33. The summed E-state index contributed by atoms with van der Waals surface area (Å²) >= 11 is 1.23. The van der Waals surface area contributed by atoms with Gasteiger partial charge in [-0.2, -0.15) is 0 Å². The number of hydrogen-bond donors (Lipinski definition) is 1. The Kier molecular flexibility index (Phi) is 4.30. The zero-order valence-electron chi connectivity index (χ0n) is 13.8. The van der Waals surface area contributed by atoms with Gasteiger partial charge in [0.05, 0.1) is 11.4 Å². The van der Waals surface area contributed by atoms with Crippen LogP contribution in [0.4, 0.5) is 10.1 Å². The van der Waals surface area contributed by atoms with Crippen LogP contribution in [0.2, 0.25) is 0 Å². The monoisotopic (exact) mass is 367 g/mol. The van der Waals surface area contributed by atoms with Crippen molar-refractivity contribution in [3.05, 3.63) is 60.2 Å². The third kappa shape index (κ3) is 3.13. The molecule has 7 heteroatoms. The van der Waals surface area contributed by atoms with E-state index in [0.29, 0.717) is 16.4 Å². The van der Waals surface area contributed by atoms with E-state index in [1.165, 1.54) is 23.9 Å². The van der Waals surface area contributed by atoms with Crippen molar-refractivity contribution in [2.75, 3.05) is 11.1 Å². The van der Waals surface area contributed by atoms with E-state index in [1.54, 1.807) is 19.1 Å². The summed E-state index contributed by atoms with van der Waals surface area (Å²) in [6.45, 7) is 1.80. The van der Waals surface area contributed by atoms with Gasteiger partial charge in [-0.3, -0.25) is 4.79 Å². The molecule has 0 fully saturated rings. The fourth-order valence-corrected chi connectivity index (χ4v) is 3.46. The minimum absolute atomic E-state index is 0.0803. The SMILES string of the molecule is Cc1nc(SCC(=O)Nc2ccccc2F)c2oc3ccccc3c2n1. The van der Waals surface area contributed by atoms with Crippen LogP contribution in [0, 0.1) is 12.7 Å². The maximum absolute atomic E-state index is 13.6. The quantitative estimate of drug-likeness (QED) is 0.423. The third-order valence-corrected chi connectivity index (χ3v) is 4.75. The van der Waals surface area contributed by atoms with E-state index in [4.69, 9.17) is 4.42 Å². The fourth-order valence-electron chi connectivity index (χ4n) is 2.65. The summed E-state index contributed by atoms with van der Waals surface area (Å²) in [7, 11) is 0. The highest BCUT2D eigenvalue weighted by molar-refractivity contribution is 8.00. The first-order chi connectivity index (χ1) is 12.6. The van der Waals surface area contributed by atoms with Crippen LogP contribution in [0.3, 0.4) is 0 Å². The summed E-state index contributed by atoms with van der Waals surface area (Å²) in [5.74, 6) is -0.109. The number of thioether (sulfide) groups is 1. The fraction of sp³-hybridized carbons (Fsp3) is 0.105. The maximum Gasteiger partial charge on any atom is 0.234 e. The van der Waals surface area contributed by atoms with Crippen LogP contribution < -0.4 is 5.32 Å². The van der Waals surface area contributed by atoms with Crippen molar-refractivity contribution >= 4 is 45.4 Å². The normalized spacial score (nSPS) is 11.2. The average molecular weight is 367 g/mol. The lowest BCUT2D eigenvalue weighted by Crippen LogP contribution is -2.15. The Hall–Kier alpha value is -2.93. The van der Waals surface area contributed by atoms with Crippen LogP contribution in [0.1, 0.15) is 5.82 Å². The van der Waals surface area contributed by atoms with Crippen LogP contribution in [0.15, 0.2) is 58.0 Å². The van der Waals surface area contributed by atoms with Gasteiger partial charge in [0.2, 0.25) is 5.91 Å². The maximum atomic E-state index is 13.6. The first kappa shape index (κ1) is 16.5. The summed E-state index contributed by atoms with van der Waals surface area (Å²) in [6.07, 6.45) is 0. The summed E-state index contributed by atoms with van der Waals surface area (Å²) in [6, 6.07) is 13.7. The highest BCUT2D eigenvalue weighted by Gasteiger charge is 2.16. The molecule has 5 nitrogen and oxygen atoms in total. The second-order valence-corrected chi connectivity index (χ2v) is 6.63. The van der Waals surface area contributed by atoms with E-state index >= 15 is 0 Å². The van der Waals surface area contributed by atoms with E-state index in [0.717, 1.165) is 16.5 Å². The van der Waals surface area contributed by atoms with Crippen molar-refractivity contribution in [2.45, 2.75) is 11.9 Å². The molecule has 0 spiro atoms. The number of furan rings is 1. The molecule has 1 amide bonds. The molecule has 0 unspecified atom stereocenters. The van der Waals surface area contributed by atoms with Gasteiger partial charge in [0.25, 0.3) is 0 Å². The van der Waals surface area contributed by atoms with Crippen LogP contribution in [-0.2, 0) is 4.79 Å². The largest absolute Gasteiger partial charge is 0.451 e. The first-order valence-corrected chi connectivity index (χ1v) is 8.93. The Morgan fingerprint density at radius 3 is 2.77 bits per heavy atom. The van der Waals surface area contributed by atoms with Gasteiger partial charge in [-0.1, -0.05) is 36.0 Å². The standard InChI is InChI=1S/C19H14FN3O2S/c1-11-21-17-12-6-2-5-9-15(12)25-18(17)19(22-11)26-10-16(24)23-14-8-4-3-7-13(14)20/h2-9H,10H2,1H3,(H,23,24). The second-order valence-electron chi connectivity index (χ2n) is 5.67. The predicted molar refractivity (Wildman–Crippen MR) is 99.8 cm³/mol. The molecule has 2 aromatic carbocycles. The Bertz CT molecular complexity index is 1130. The van der Waals surface area contributed by atoms with Crippen molar-refractivity contribution in [1.82, 2.24) is 9.97 Å². The highest BCUT2D eigenvalue weighted by atomic mass is 32.2. The number of carbonyl (C=O) groups is 1. The first-order valence-electron chi connectivity index (χ1n) is 7.95. The Morgan fingerprint density at radius 1 is 1.15 bits per heavy atom. The van der Waals surface area contributed by atoms with Gasteiger partial charge in [-0.15, -0.1) is 0 Å². The summed E-state index contributed by atoms with van der Waals surface area (Å²) in [5.41, 5.74) is 2.16. The molecular weight excluding hydrogens is 353 g/mol. The Morgan fingerprint density at radius 2 is 1.92 bits per heavy atom. The zero-order chi connectivity index (χ0) is 18.1. The molecule has 0 aliphatic carbocycles. The summed E-state index contributed by atoms with van der Waals surface area (Å²) in [5, 5.41) is 4.06. The van der Waals surface area contributed by atoms with Crippen molar-refractivity contribution in [3.8, 4) is 0 Å². The summed E-state index contributed by atoms with van der Waals surface area (Å²) in [4.78, 5) is 21.0. The van der Waals surface area contributed by atoms with Crippen molar-refractivity contribution in [3.63, 3.8) is 0 Å². The van der Waals surface area contributed by atoms with E-state index in [1.807, 2.05) is 24.3 Å². The molecule has 2 heterocycles. The molecule has 0 saturated heterocycles. The molecule has 4 aromatic rings. The molecule has 0 bridgehead atoms.